The van der Waals surface area contributed by atoms with Crippen LogP contribution in [0.25, 0.3) is 5.69 Å². The smallest absolute Gasteiger partial charge is 0.368 e. The van der Waals surface area contributed by atoms with Crippen molar-refractivity contribution in [2.24, 2.45) is 7.05 Å². The van der Waals surface area contributed by atoms with E-state index in [4.69, 9.17) is 4.74 Å². The highest BCUT2D eigenvalue weighted by atomic mass is 19.1. The molecule has 0 atom stereocenters. The maximum atomic E-state index is 13.3. The quantitative estimate of drug-likeness (QED) is 0.869. The number of nitrogens with zero attached hydrogens (tertiary/aromatic N) is 4. The van der Waals surface area contributed by atoms with Crippen molar-refractivity contribution in [3.05, 3.63) is 34.5 Å². The van der Waals surface area contributed by atoms with Gasteiger partial charge in [0.1, 0.15) is 23.9 Å². The first kappa shape index (κ1) is 14.2. The van der Waals surface area contributed by atoms with Crippen LogP contribution in [0.2, 0.25) is 0 Å². The Morgan fingerprint density at radius 3 is 2.65 bits per heavy atom. The number of hydrogen-bond donors (Lipinski definition) is 1. The van der Waals surface area contributed by atoms with Gasteiger partial charge in [0, 0.05) is 13.1 Å². The summed E-state index contributed by atoms with van der Waals surface area (Å²) in [7, 11) is 1.45. The first-order chi connectivity index (χ1) is 9.28. The van der Waals surface area contributed by atoms with E-state index in [1.807, 2.05) is 0 Å². The van der Waals surface area contributed by atoms with Crippen LogP contribution >= 0.6 is 0 Å². The van der Waals surface area contributed by atoms with Crippen LogP contribution in [0.3, 0.4) is 0 Å². The minimum absolute atomic E-state index is 0.0571. The zero-order valence-corrected chi connectivity index (χ0v) is 11.4. The third-order valence-corrected chi connectivity index (χ3v) is 2.45. The van der Waals surface area contributed by atoms with Crippen molar-refractivity contribution >= 4 is 0 Å². The van der Waals surface area contributed by atoms with E-state index in [9.17, 15) is 14.3 Å². The number of aryl methyl sites for hydroxylation is 1. The van der Waals surface area contributed by atoms with Crippen molar-refractivity contribution in [2.45, 2.75) is 19.4 Å². The van der Waals surface area contributed by atoms with E-state index in [2.05, 4.69) is 10.4 Å². The van der Waals surface area contributed by atoms with E-state index in [1.165, 1.54) is 19.2 Å². The Kier molecular flexibility index (Phi) is 3.58. The molecule has 0 saturated heterocycles. The molecule has 0 saturated carbocycles. The molecule has 0 radical (unpaired) electrons. The van der Waals surface area contributed by atoms with E-state index in [0.717, 1.165) is 15.4 Å². The van der Waals surface area contributed by atoms with Gasteiger partial charge in [-0.2, -0.15) is 9.36 Å². The highest BCUT2D eigenvalue weighted by Gasteiger charge is 2.17. The fraction of sp³-hybridized carbons (Fsp3) is 0.417. The molecular weight excluding hydrogens is 267 g/mol. The van der Waals surface area contributed by atoms with Crippen LogP contribution < -0.4 is 10.4 Å². The first-order valence-corrected chi connectivity index (χ1v) is 5.92. The second-order valence-corrected chi connectivity index (χ2v) is 5.01. The zero-order chi connectivity index (χ0) is 14.9. The monoisotopic (exact) mass is 282 g/mol. The van der Waals surface area contributed by atoms with Crippen LogP contribution in [-0.2, 0) is 7.05 Å². The standard InChI is InChI=1S/C12H15FN4O3/c1-12(2,19)7-20-10-6-8(13)4-5-9(10)17-11(18)16(3)14-15-17/h4-6,19H,7H2,1-3H3. The minimum atomic E-state index is -1.09. The lowest BCUT2D eigenvalue weighted by Gasteiger charge is -2.19. The molecule has 108 valence electrons. The SMILES string of the molecule is Cn1nnn(-c2ccc(F)cc2OCC(C)(C)O)c1=O. The van der Waals surface area contributed by atoms with Gasteiger partial charge in [0.2, 0.25) is 0 Å². The molecule has 0 aliphatic carbocycles. The predicted molar refractivity (Wildman–Crippen MR) is 68.4 cm³/mol. The van der Waals surface area contributed by atoms with E-state index in [1.54, 1.807) is 13.8 Å². The van der Waals surface area contributed by atoms with Gasteiger partial charge in [-0.05, 0) is 36.4 Å². The van der Waals surface area contributed by atoms with Crippen molar-refractivity contribution in [1.82, 2.24) is 19.8 Å². The summed E-state index contributed by atoms with van der Waals surface area (Å²) >= 11 is 0. The Balaban J connectivity index is 2.43. The van der Waals surface area contributed by atoms with Gasteiger partial charge in [0.25, 0.3) is 0 Å². The summed E-state index contributed by atoms with van der Waals surface area (Å²) in [5.74, 6) is -0.411. The molecule has 1 heterocycles. The number of aromatic nitrogens is 4. The molecule has 7 nitrogen and oxygen atoms in total. The topological polar surface area (TPSA) is 82.2 Å². The number of halogens is 1. The van der Waals surface area contributed by atoms with E-state index >= 15 is 0 Å². The molecule has 0 aliphatic heterocycles. The molecule has 0 aliphatic rings. The second-order valence-electron chi connectivity index (χ2n) is 5.01. The zero-order valence-electron chi connectivity index (χ0n) is 11.4. The molecule has 1 aromatic carbocycles. The van der Waals surface area contributed by atoms with Crippen LogP contribution in [0.4, 0.5) is 4.39 Å². The van der Waals surface area contributed by atoms with Crippen molar-refractivity contribution < 1.29 is 14.2 Å². The van der Waals surface area contributed by atoms with Gasteiger partial charge in [-0.25, -0.2) is 9.18 Å². The Labute approximate surface area is 114 Å². The van der Waals surface area contributed by atoms with Crippen molar-refractivity contribution in [1.29, 1.82) is 0 Å². The van der Waals surface area contributed by atoms with Gasteiger partial charge in [-0.15, -0.1) is 0 Å². The van der Waals surface area contributed by atoms with E-state index in [-0.39, 0.29) is 18.0 Å². The Bertz CT molecular complexity index is 672. The number of ether oxygens (including phenoxy) is 1. The Morgan fingerprint density at radius 2 is 2.10 bits per heavy atom. The van der Waals surface area contributed by atoms with E-state index in [0.29, 0.717) is 0 Å². The molecular formula is C12H15FN4O3. The van der Waals surface area contributed by atoms with Gasteiger partial charge >= 0.3 is 5.69 Å². The van der Waals surface area contributed by atoms with Crippen molar-refractivity contribution in [2.75, 3.05) is 6.61 Å². The van der Waals surface area contributed by atoms with Crippen LogP contribution in [0.1, 0.15) is 13.8 Å². The lowest BCUT2D eigenvalue weighted by atomic mass is 10.2. The van der Waals surface area contributed by atoms with Crippen LogP contribution in [-0.4, -0.2) is 37.1 Å². The van der Waals surface area contributed by atoms with Crippen molar-refractivity contribution in [3.8, 4) is 11.4 Å². The largest absolute Gasteiger partial charge is 0.488 e. The summed E-state index contributed by atoms with van der Waals surface area (Å²) in [5, 5.41) is 16.9. The van der Waals surface area contributed by atoms with Gasteiger partial charge in [0.05, 0.1) is 5.60 Å². The molecule has 20 heavy (non-hydrogen) atoms. The minimum Gasteiger partial charge on any atom is -0.488 e. The molecule has 0 spiro atoms. The number of tetrazole rings is 1. The maximum Gasteiger partial charge on any atom is 0.368 e. The molecule has 0 bridgehead atoms. The van der Waals surface area contributed by atoms with Crippen molar-refractivity contribution in [3.63, 3.8) is 0 Å². The van der Waals surface area contributed by atoms with Crippen LogP contribution in [0.5, 0.6) is 5.75 Å². The summed E-state index contributed by atoms with van der Waals surface area (Å²) in [4.78, 5) is 11.8. The number of hydrogen-bond acceptors (Lipinski definition) is 5. The summed E-state index contributed by atoms with van der Waals surface area (Å²) in [6.45, 7) is 3.05. The average molecular weight is 282 g/mol. The van der Waals surface area contributed by atoms with Gasteiger partial charge in [-0.3, -0.25) is 0 Å². The fourth-order valence-corrected chi connectivity index (χ4v) is 1.50. The number of aliphatic hydroxyl groups is 1. The molecule has 1 N–H and O–H groups in total. The maximum absolute atomic E-state index is 13.3. The van der Waals surface area contributed by atoms with Gasteiger partial charge < -0.3 is 9.84 Å². The molecule has 2 rings (SSSR count). The summed E-state index contributed by atoms with van der Waals surface area (Å²) in [6.07, 6.45) is 0. The Hall–Kier alpha value is -2.22. The third-order valence-electron chi connectivity index (χ3n) is 2.45. The molecule has 0 amide bonds. The molecule has 0 unspecified atom stereocenters. The second kappa shape index (κ2) is 5.04. The first-order valence-electron chi connectivity index (χ1n) is 5.92. The highest BCUT2D eigenvalue weighted by molar-refractivity contribution is 5.45. The normalized spacial score (nSPS) is 11.7. The number of benzene rings is 1. The summed E-state index contributed by atoms with van der Waals surface area (Å²) in [5.41, 5.74) is -1.31. The lowest BCUT2D eigenvalue weighted by Crippen LogP contribution is -2.29. The number of rotatable bonds is 4. The third kappa shape index (κ3) is 3.02. The Morgan fingerprint density at radius 1 is 1.40 bits per heavy atom. The van der Waals surface area contributed by atoms with Crippen LogP contribution in [0, 0.1) is 5.82 Å². The predicted octanol–water partition coefficient (Wildman–Crippen LogP) is 0.255. The lowest BCUT2D eigenvalue weighted by molar-refractivity contribution is 0.0283. The average Bonchev–Trinajstić information content (AvgIpc) is 2.67. The fourth-order valence-electron chi connectivity index (χ4n) is 1.50. The molecule has 8 heteroatoms. The molecule has 2 aromatic rings. The van der Waals surface area contributed by atoms with E-state index < -0.39 is 17.1 Å². The van der Waals surface area contributed by atoms with Gasteiger partial charge in [0.15, 0.2) is 0 Å². The molecule has 0 fully saturated rings. The highest BCUT2D eigenvalue weighted by Crippen LogP contribution is 2.23. The summed E-state index contributed by atoms with van der Waals surface area (Å²) in [6, 6.07) is 3.68. The van der Waals surface area contributed by atoms with Crippen LogP contribution in [0.15, 0.2) is 23.0 Å². The summed E-state index contributed by atoms with van der Waals surface area (Å²) < 4.78 is 20.7. The van der Waals surface area contributed by atoms with Gasteiger partial charge in [-0.1, -0.05) is 0 Å². The molecule has 1 aromatic heterocycles.